The van der Waals surface area contributed by atoms with Gasteiger partial charge in [0.15, 0.2) is 0 Å². The molecule has 0 fully saturated rings. The van der Waals surface area contributed by atoms with Crippen molar-refractivity contribution in [3.8, 4) is 5.75 Å². The summed E-state index contributed by atoms with van der Waals surface area (Å²) in [5, 5.41) is 5.56. The number of carbonyl (C=O) groups is 2. The van der Waals surface area contributed by atoms with Crippen molar-refractivity contribution < 1.29 is 19.1 Å². The van der Waals surface area contributed by atoms with Gasteiger partial charge in [-0.3, -0.25) is 9.59 Å². The summed E-state index contributed by atoms with van der Waals surface area (Å²) in [6.07, 6.45) is 0.848. The molecule has 2 aromatic rings. The Morgan fingerprint density at radius 3 is 2.35 bits per heavy atom. The third kappa shape index (κ3) is 5.32. The molecule has 0 aromatic heterocycles. The maximum atomic E-state index is 12.7. The maximum absolute atomic E-state index is 12.7. The predicted octanol–water partition coefficient (Wildman–Crippen LogP) is 3.10. The minimum atomic E-state index is -0.325. The summed E-state index contributed by atoms with van der Waals surface area (Å²) in [7, 11) is 1.57. The smallest absolute Gasteiger partial charge is 0.259 e. The number of rotatable bonds is 9. The lowest BCUT2D eigenvalue weighted by Crippen LogP contribution is -2.28. The number of carbonyl (C=O) groups excluding carboxylic acids is 2. The standard InChI is InChI=1S/C20H24N2O4/c1-3-13-26-18-11-7-5-9-16(18)20(24)22-17-10-6-4-8-15(17)19(23)21-12-14-25-2/h4-11H,3,12-14H2,1-2H3,(H,21,23)(H,22,24). The lowest BCUT2D eigenvalue weighted by atomic mass is 10.1. The van der Waals surface area contributed by atoms with Crippen LogP contribution in [-0.2, 0) is 4.74 Å². The van der Waals surface area contributed by atoms with Gasteiger partial charge in [-0.2, -0.15) is 0 Å². The number of benzene rings is 2. The van der Waals surface area contributed by atoms with E-state index in [1.807, 2.05) is 13.0 Å². The van der Waals surface area contributed by atoms with E-state index in [0.29, 0.717) is 42.3 Å². The number of ether oxygens (including phenoxy) is 2. The molecular weight excluding hydrogens is 332 g/mol. The molecular formula is C20H24N2O4. The van der Waals surface area contributed by atoms with Gasteiger partial charge in [-0.05, 0) is 30.7 Å². The fraction of sp³-hybridized carbons (Fsp3) is 0.300. The molecule has 2 amide bonds. The first-order valence-corrected chi connectivity index (χ1v) is 8.56. The molecule has 26 heavy (non-hydrogen) atoms. The van der Waals surface area contributed by atoms with Crippen LogP contribution in [0.5, 0.6) is 5.75 Å². The van der Waals surface area contributed by atoms with Crippen molar-refractivity contribution in [1.29, 1.82) is 0 Å². The number of nitrogens with one attached hydrogen (secondary N) is 2. The summed E-state index contributed by atoms with van der Waals surface area (Å²) in [4.78, 5) is 25.0. The summed E-state index contributed by atoms with van der Waals surface area (Å²) >= 11 is 0. The summed E-state index contributed by atoms with van der Waals surface area (Å²) in [6, 6.07) is 13.9. The highest BCUT2D eigenvalue weighted by Gasteiger charge is 2.16. The fourth-order valence-electron chi connectivity index (χ4n) is 2.33. The molecule has 2 N–H and O–H groups in total. The summed E-state index contributed by atoms with van der Waals surface area (Å²) in [6.45, 7) is 3.34. The van der Waals surface area contributed by atoms with Crippen molar-refractivity contribution in [3.63, 3.8) is 0 Å². The van der Waals surface area contributed by atoms with Crippen molar-refractivity contribution >= 4 is 17.5 Å². The van der Waals surface area contributed by atoms with Crippen LogP contribution in [0.3, 0.4) is 0 Å². The molecule has 0 saturated heterocycles. The van der Waals surface area contributed by atoms with Crippen LogP contribution in [0.4, 0.5) is 5.69 Å². The third-order valence-electron chi connectivity index (χ3n) is 3.61. The third-order valence-corrected chi connectivity index (χ3v) is 3.61. The molecule has 0 unspecified atom stereocenters. The molecule has 0 saturated carbocycles. The number of anilines is 1. The number of hydrogen-bond donors (Lipinski definition) is 2. The molecule has 0 atom stereocenters. The molecule has 6 nitrogen and oxygen atoms in total. The summed E-state index contributed by atoms with van der Waals surface area (Å²) in [5.41, 5.74) is 1.26. The van der Waals surface area contributed by atoms with Crippen molar-refractivity contribution in [1.82, 2.24) is 5.32 Å². The topological polar surface area (TPSA) is 76.7 Å². The van der Waals surface area contributed by atoms with Gasteiger partial charge in [0, 0.05) is 13.7 Å². The number of hydrogen-bond acceptors (Lipinski definition) is 4. The Balaban J connectivity index is 2.16. The first kappa shape index (κ1) is 19.5. The average Bonchev–Trinajstić information content (AvgIpc) is 2.67. The second kappa shape index (κ2) is 10.2. The van der Waals surface area contributed by atoms with E-state index < -0.39 is 0 Å². The molecule has 0 aliphatic rings. The first-order valence-electron chi connectivity index (χ1n) is 8.56. The Bertz CT molecular complexity index is 746. The van der Waals surface area contributed by atoms with E-state index in [-0.39, 0.29) is 11.8 Å². The van der Waals surface area contributed by atoms with Crippen molar-refractivity contribution in [2.45, 2.75) is 13.3 Å². The molecule has 0 spiro atoms. The lowest BCUT2D eigenvalue weighted by Gasteiger charge is -2.13. The summed E-state index contributed by atoms with van der Waals surface area (Å²) < 4.78 is 10.6. The van der Waals surface area contributed by atoms with Crippen LogP contribution in [0.25, 0.3) is 0 Å². The number of amides is 2. The van der Waals surface area contributed by atoms with Crippen molar-refractivity contribution in [2.75, 3.05) is 32.2 Å². The van der Waals surface area contributed by atoms with Gasteiger partial charge in [0.1, 0.15) is 5.75 Å². The van der Waals surface area contributed by atoms with E-state index in [0.717, 1.165) is 6.42 Å². The average molecular weight is 356 g/mol. The van der Waals surface area contributed by atoms with E-state index >= 15 is 0 Å². The number of methoxy groups -OCH3 is 1. The fourth-order valence-corrected chi connectivity index (χ4v) is 2.33. The Kier molecular flexibility index (Phi) is 7.64. The molecule has 0 bridgehead atoms. The zero-order valence-electron chi connectivity index (χ0n) is 15.1. The molecule has 0 radical (unpaired) electrons. The van der Waals surface area contributed by atoms with Crippen LogP contribution in [0.15, 0.2) is 48.5 Å². The molecule has 0 heterocycles. The van der Waals surface area contributed by atoms with Crippen LogP contribution in [-0.4, -0.2) is 38.7 Å². The van der Waals surface area contributed by atoms with E-state index in [4.69, 9.17) is 9.47 Å². The predicted molar refractivity (Wildman–Crippen MR) is 101 cm³/mol. The molecule has 2 aromatic carbocycles. The molecule has 138 valence electrons. The van der Waals surface area contributed by atoms with Gasteiger partial charge in [0.2, 0.25) is 0 Å². The van der Waals surface area contributed by atoms with Gasteiger partial charge in [0.25, 0.3) is 11.8 Å². The molecule has 2 rings (SSSR count). The van der Waals surface area contributed by atoms with E-state index in [9.17, 15) is 9.59 Å². The zero-order chi connectivity index (χ0) is 18.8. The maximum Gasteiger partial charge on any atom is 0.259 e. The minimum absolute atomic E-state index is 0.270. The SMILES string of the molecule is CCCOc1ccccc1C(=O)Nc1ccccc1C(=O)NCCOC. The minimum Gasteiger partial charge on any atom is -0.493 e. The van der Waals surface area contributed by atoms with Gasteiger partial charge in [-0.15, -0.1) is 0 Å². The largest absolute Gasteiger partial charge is 0.493 e. The molecule has 0 aliphatic heterocycles. The number of para-hydroxylation sites is 2. The zero-order valence-corrected chi connectivity index (χ0v) is 15.1. The Labute approximate surface area is 153 Å². The summed E-state index contributed by atoms with van der Waals surface area (Å²) in [5.74, 6) is -0.0730. The van der Waals surface area contributed by atoms with Crippen LogP contribution in [0, 0.1) is 0 Å². The van der Waals surface area contributed by atoms with Crippen LogP contribution in [0.2, 0.25) is 0 Å². The second-order valence-electron chi connectivity index (χ2n) is 5.59. The highest BCUT2D eigenvalue weighted by Crippen LogP contribution is 2.21. The van der Waals surface area contributed by atoms with Gasteiger partial charge in [-0.25, -0.2) is 0 Å². The van der Waals surface area contributed by atoms with Crippen LogP contribution >= 0.6 is 0 Å². The molecule has 0 aliphatic carbocycles. The first-order chi connectivity index (χ1) is 12.7. The van der Waals surface area contributed by atoms with Gasteiger partial charge < -0.3 is 20.1 Å². The quantitative estimate of drug-likeness (QED) is 0.677. The van der Waals surface area contributed by atoms with Crippen molar-refractivity contribution in [2.24, 2.45) is 0 Å². The molecule has 6 heteroatoms. The Morgan fingerprint density at radius 2 is 1.62 bits per heavy atom. The second-order valence-corrected chi connectivity index (χ2v) is 5.59. The highest BCUT2D eigenvalue weighted by molar-refractivity contribution is 6.10. The van der Waals surface area contributed by atoms with Gasteiger partial charge in [0.05, 0.1) is 30.0 Å². The van der Waals surface area contributed by atoms with Crippen molar-refractivity contribution in [3.05, 3.63) is 59.7 Å². The van der Waals surface area contributed by atoms with E-state index in [1.54, 1.807) is 49.6 Å². The lowest BCUT2D eigenvalue weighted by molar-refractivity contribution is 0.0938. The van der Waals surface area contributed by atoms with E-state index in [1.165, 1.54) is 0 Å². The van der Waals surface area contributed by atoms with Crippen LogP contribution in [0.1, 0.15) is 34.1 Å². The van der Waals surface area contributed by atoms with Gasteiger partial charge in [-0.1, -0.05) is 31.2 Å². The Hall–Kier alpha value is -2.86. The normalized spacial score (nSPS) is 10.2. The van der Waals surface area contributed by atoms with Gasteiger partial charge >= 0.3 is 0 Å². The monoisotopic (exact) mass is 356 g/mol. The van der Waals surface area contributed by atoms with Crippen LogP contribution < -0.4 is 15.4 Å². The Morgan fingerprint density at radius 1 is 0.923 bits per heavy atom. The highest BCUT2D eigenvalue weighted by atomic mass is 16.5. The van der Waals surface area contributed by atoms with E-state index in [2.05, 4.69) is 10.6 Å².